The lowest BCUT2D eigenvalue weighted by atomic mass is 9.99. The van der Waals surface area contributed by atoms with E-state index in [9.17, 15) is 0 Å². The minimum atomic E-state index is 0.434. The number of furan rings is 1. The van der Waals surface area contributed by atoms with Gasteiger partial charge in [0.05, 0.1) is 6.54 Å². The molecule has 0 aliphatic heterocycles. The maximum atomic E-state index is 5.74. The Hall–Kier alpha value is -2.06. The first-order valence-electron chi connectivity index (χ1n) is 6.07. The van der Waals surface area contributed by atoms with E-state index in [1.54, 1.807) is 0 Å². The summed E-state index contributed by atoms with van der Waals surface area (Å²) in [7, 11) is 0. The average Bonchev–Trinajstić information content (AvgIpc) is 2.88. The molecule has 1 heterocycles. The van der Waals surface area contributed by atoms with E-state index < -0.39 is 0 Å². The molecule has 0 bridgehead atoms. The van der Waals surface area contributed by atoms with Crippen molar-refractivity contribution >= 4 is 10.8 Å². The summed E-state index contributed by atoms with van der Waals surface area (Å²) in [6.45, 7) is 2.56. The quantitative estimate of drug-likeness (QED) is 0.735. The minimum Gasteiger partial charge on any atom is -0.460 e. The van der Waals surface area contributed by atoms with Gasteiger partial charge in [0.1, 0.15) is 11.5 Å². The van der Waals surface area contributed by atoms with Crippen LogP contribution in [-0.2, 0) is 6.54 Å². The minimum absolute atomic E-state index is 0.434. The largest absolute Gasteiger partial charge is 0.460 e. The smallest absolute Gasteiger partial charge is 0.134 e. The maximum Gasteiger partial charge on any atom is 0.134 e. The fraction of sp³-hybridized carbons (Fsp3) is 0.125. The Kier molecular flexibility index (Phi) is 2.65. The van der Waals surface area contributed by atoms with E-state index in [0.29, 0.717) is 6.54 Å². The molecule has 0 aliphatic rings. The summed E-state index contributed by atoms with van der Waals surface area (Å²) >= 11 is 0. The topological polar surface area (TPSA) is 39.2 Å². The SMILES string of the molecule is Cc1ccc(-c2ccc(CN)o2)c2ccccc12. The lowest BCUT2D eigenvalue weighted by Gasteiger charge is -2.06. The molecule has 0 amide bonds. The molecule has 0 saturated heterocycles. The third-order valence-electron chi connectivity index (χ3n) is 3.27. The first kappa shape index (κ1) is 11.1. The van der Waals surface area contributed by atoms with Gasteiger partial charge in [-0.2, -0.15) is 0 Å². The second-order valence-electron chi connectivity index (χ2n) is 4.45. The Bertz CT molecular complexity index is 697. The van der Waals surface area contributed by atoms with Crippen molar-refractivity contribution in [2.24, 2.45) is 5.73 Å². The molecule has 0 fully saturated rings. The van der Waals surface area contributed by atoms with Crippen LogP contribution in [0.5, 0.6) is 0 Å². The summed E-state index contributed by atoms with van der Waals surface area (Å²) in [6.07, 6.45) is 0. The molecule has 3 aromatic rings. The van der Waals surface area contributed by atoms with Crippen molar-refractivity contribution in [3.05, 3.63) is 59.9 Å². The maximum absolute atomic E-state index is 5.74. The van der Waals surface area contributed by atoms with Crippen LogP contribution in [0.4, 0.5) is 0 Å². The van der Waals surface area contributed by atoms with Gasteiger partial charge >= 0.3 is 0 Å². The predicted molar refractivity (Wildman–Crippen MR) is 74.3 cm³/mol. The molecule has 3 rings (SSSR count). The van der Waals surface area contributed by atoms with Crippen molar-refractivity contribution in [1.29, 1.82) is 0 Å². The van der Waals surface area contributed by atoms with E-state index in [2.05, 4.69) is 43.3 Å². The van der Waals surface area contributed by atoms with Gasteiger partial charge in [0, 0.05) is 5.56 Å². The lowest BCUT2D eigenvalue weighted by molar-refractivity contribution is 0.526. The van der Waals surface area contributed by atoms with E-state index >= 15 is 0 Å². The molecule has 2 N–H and O–H groups in total. The van der Waals surface area contributed by atoms with Crippen LogP contribution in [0.2, 0.25) is 0 Å². The van der Waals surface area contributed by atoms with Crippen molar-refractivity contribution in [1.82, 2.24) is 0 Å². The van der Waals surface area contributed by atoms with Crippen LogP contribution in [0.15, 0.2) is 52.9 Å². The van der Waals surface area contributed by atoms with Crippen molar-refractivity contribution in [3.8, 4) is 11.3 Å². The number of hydrogen-bond acceptors (Lipinski definition) is 2. The normalized spacial score (nSPS) is 11.0. The Labute approximate surface area is 106 Å². The number of aryl methyl sites for hydroxylation is 1. The number of benzene rings is 2. The summed E-state index contributed by atoms with van der Waals surface area (Å²) in [5.41, 5.74) is 7.98. The molecule has 0 radical (unpaired) electrons. The molecular weight excluding hydrogens is 222 g/mol. The molecule has 18 heavy (non-hydrogen) atoms. The summed E-state index contributed by atoms with van der Waals surface area (Å²) in [5, 5.41) is 2.48. The summed E-state index contributed by atoms with van der Waals surface area (Å²) in [4.78, 5) is 0. The van der Waals surface area contributed by atoms with Gasteiger partial charge in [0.2, 0.25) is 0 Å². The second-order valence-corrected chi connectivity index (χ2v) is 4.45. The zero-order valence-electron chi connectivity index (χ0n) is 10.3. The average molecular weight is 237 g/mol. The fourth-order valence-electron chi connectivity index (χ4n) is 2.30. The molecule has 2 nitrogen and oxygen atoms in total. The molecule has 2 heteroatoms. The molecule has 2 aromatic carbocycles. The van der Waals surface area contributed by atoms with Crippen LogP contribution in [0.1, 0.15) is 11.3 Å². The Balaban J connectivity index is 2.26. The highest BCUT2D eigenvalue weighted by Crippen LogP contribution is 2.31. The second kappa shape index (κ2) is 4.31. The van der Waals surface area contributed by atoms with Gasteiger partial charge in [0.15, 0.2) is 0 Å². The Morgan fingerprint density at radius 1 is 0.944 bits per heavy atom. The number of nitrogens with two attached hydrogens (primary N) is 1. The molecule has 0 unspecified atom stereocenters. The highest BCUT2D eigenvalue weighted by atomic mass is 16.3. The molecule has 0 aliphatic carbocycles. The number of rotatable bonds is 2. The zero-order chi connectivity index (χ0) is 12.5. The van der Waals surface area contributed by atoms with Crippen molar-refractivity contribution in [2.45, 2.75) is 13.5 Å². The fourth-order valence-corrected chi connectivity index (χ4v) is 2.30. The predicted octanol–water partition coefficient (Wildman–Crippen LogP) is 3.87. The molecule has 0 atom stereocenters. The summed E-state index contributed by atoms with van der Waals surface area (Å²) in [6, 6.07) is 16.5. The van der Waals surface area contributed by atoms with E-state index in [-0.39, 0.29) is 0 Å². The van der Waals surface area contributed by atoms with Crippen LogP contribution in [-0.4, -0.2) is 0 Å². The molecular formula is C16H15NO. The highest BCUT2D eigenvalue weighted by molar-refractivity contribution is 5.97. The molecule has 0 spiro atoms. The number of hydrogen-bond donors (Lipinski definition) is 1. The molecule has 1 aromatic heterocycles. The van der Waals surface area contributed by atoms with Crippen LogP contribution < -0.4 is 5.73 Å². The van der Waals surface area contributed by atoms with Gasteiger partial charge in [-0.1, -0.05) is 36.4 Å². The van der Waals surface area contributed by atoms with Crippen molar-refractivity contribution in [3.63, 3.8) is 0 Å². The third kappa shape index (κ3) is 1.71. The first-order chi connectivity index (χ1) is 8.79. The Morgan fingerprint density at radius 2 is 1.72 bits per heavy atom. The van der Waals surface area contributed by atoms with E-state index in [1.807, 2.05) is 12.1 Å². The summed E-state index contributed by atoms with van der Waals surface area (Å²) in [5.74, 6) is 1.70. The van der Waals surface area contributed by atoms with E-state index in [4.69, 9.17) is 10.2 Å². The van der Waals surface area contributed by atoms with Crippen LogP contribution in [0, 0.1) is 6.92 Å². The monoisotopic (exact) mass is 237 g/mol. The van der Waals surface area contributed by atoms with Gasteiger partial charge in [-0.05, 0) is 35.4 Å². The third-order valence-corrected chi connectivity index (χ3v) is 3.27. The van der Waals surface area contributed by atoms with Crippen LogP contribution in [0.3, 0.4) is 0 Å². The molecule has 90 valence electrons. The highest BCUT2D eigenvalue weighted by Gasteiger charge is 2.08. The van der Waals surface area contributed by atoms with Crippen LogP contribution >= 0.6 is 0 Å². The van der Waals surface area contributed by atoms with Gasteiger partial charge in [-0.3, -0.25) is 0 Å². The van der Waals surface area contributed by atoms with Crippen molar-refractivity contribution in [2.75, 3.05) is 0 Å². The van der Waals surface area contributed by atoms with E-state index in [0.717, 1.165) is 17.1 Å². The molecule has 0 saturated carbocycles. The van der Waals surface area contributed by atoms with Gasteiger partial charge in [-0.15, -0.1) is 0 Å². The van der Waals surface area contributed by atoms with Gasteiger partial charge in [0.25, 0.3) is 0 Å². The van der Waals surface area contributed by atoms with Gasteiger partial charge < -0.3 is 10.2 Å². The summed E-state index contributed by atoms with van der Waals surface area (Å²) < 4.78 is 5.74. The Morgan fingerprint density at radius 3 is 2.44 bits per heavy atom. The van der Waals surface area contributed by atoms with Crippen LogP contribution in [0.25, 0.3) is 22.1 Å². The lowest BCUT2D eigenvalue weighted by Crippen LogP contribution is -1.92. The van der Waals surface area contributed by atoms with Crippen molar-refractivity contribution < 1.29 is 4.42 Å². The van der Waals surface area contributed by atoms with Gasteiger partial charge in [-0.25, -0.2) is 0 Å². The van der Waals surface area contributed by atoms with E-state index in [1.165, 1.54) is 16.3 Å². The zero-order valence-corrected chi connectivity index (χ0v) is 10.3. The first-order valence-corrected chi connectivity index (χ1v) is 6.07. The number of fused-ring (bicyclic) bond motifs is 1. The standard InChI is InChI=1S/C16H15NO/c1-11-6-8-15(14-5-3-2-4-13(11)14)16-9-7-12(10-17)18-16/h2-9H,10,17H2,1H3.